The fourth-order valence-corrected chi connectivity index (χ4v) is 3.52. The first kappa shape index (κ1) is 16.9. The highest BCUT2D eigenvalue weighted by Crippen LogP contribution is 2.26. The second-order valence-electron chi connectivity index (χ2n) is 5.68. The van der Waals surface area contributed by atoms with Crippen molar-refractivity contribution in [2.45, 2.75) is 20.0 Å². The van der Waals surface area contributed by atoms with Gasteiger partial charge in [-0.25, -0.2) is 9.37 Å². The van der Waals surface area contributed by atoms with E-state index in [0.29, 0.717) is 30.1 Å². The van der Waals surface area contributed by atoms with Crippen molar-refractivity contribution in [2.75, 3.05) is 31.6 Å². The molecule has 1 unspecified atom stereocenters. The zero-order valence-electron chi connectivity index (χ0n) is 13.7. The highest BCUT2D eigenvalue weighted by atomic mass is 32.1. The predicted octanol–water partition coefficient (Wildman–Crippen LogP) is 3.24. The topological polar surface area (TPSA) is 54.5 Å². The number of benzene rings is 1. The second-order valence-corrected chi connectivity index (χ2v) is 6.71. The molecule has 1 amide bonds. The number of ether oxygens (including phenoxy) is 1. The quantitative estimate of drug-likeness (QED) is 0.921. The minimum absolute atomic E-state index is 0.0382. The lowest BCUT2D eigenvalue weighted by molar-refractivity contribution is -0.0227. The van der Waals surface area contributed by atoms with Gasteiger partial charge < -0.3 is 15.0 Å². The molecule has 3 rings (SSSR count). The maximum atomic E-state index is 13.4. The number of hydrogen-bond acceptors (Lipinski definition) is 5. The Morgan fingerprint density at radius 3 is 3.12 bits per heavy atom. The molecule has 1 saturated heterocycles. The summed E-state index contributed by atoms with van der Waals surface area (Å²) < 4.78 is 19.2. The predicted molar refractivity (Wildman–Crippen MR) is 92.0 cm³/mol. The van der Waals surface area contributed by atoms with Gasteiger partial charge in [-0.05, 0) is 31.0 Å². The fourth-order valence-electron chi connectivity index (χ4n) is 2.67. The molecule has 7 heteroatoms. The van der Waals surface area contributed by atoms with E-state index in [4.69, 9.17) is 4.74 Å². The van der Waals surface area contributed by atoms with Gasteiger partial charge in [0.2, 0.25) is 0 Å². The molecule has 1 aromatic carbocycles. The van der Waals surface area contributed by atoms with E-state index < -0.39 is 0 Å². The normalized spacial score (nSPS) is 17.8. The van der Waals surface area contributed by atoms with Crippen molar-refractivity contribution in [3.8, 4) is 0 Å². The number of aryl methyl sites for hydroxylation is 1. The molecule has 128 valence electrons. The average Bonchev–Trinajstić information content (AvgIpc) is 3.06. The first-order valence-electron chi connectivity index (χ1n) is 7.95. The Hall–Kier alpha value is -1.99. The van der Waals surface area contributed by atoms with Crippen LogP contribution in [0.5, 0.6) is 0 Å². The van der Waals surface area contributed by atoms with Crippen LogP contribution in [-0.4, -0.2) is 42.0 Å². The Balaban J connectivity index is 1.72. The zero-order valence-corrected chi connectivity index (χ0v) is 14.5. The minimum Gasteiger partial charge on any atom is -0.370 e. The molecular formula is C17H20FN3O2S. The van der Waals surface area contributed by atoms with Gasteiger partial charge in [-0.3, -0.25) is 4.79 Å². The van der Waals surface area contributed by atoms with Crippen LogP contribution in [0.4, 0.5) is 9.52 Å². The van der Waals surface area contributed by atoms with Gasteiger partial charge in [0.25, 0.3) is 5.91 Å². The number of morpholine rings is 1. The van der Waals surface area contributed by atoms with Gasteiger partial charge in [-0.1, -0.05) is 23.5 Å². The molecule has 24 heavy (non-hydrogen) atoms. The van der Waals surface area contributed by atoms with Crippen LogP contribution in [0.15, 0.2) is 24.4 Å². The number of aromatic nitrogens is 1. The van der Waals surface area contributed by atoms with Crippen molar-refractivity contribution >= 4 is 22.4 Å². The molecule has 1 N–H and O–H groups in total. The fraction of sp³-hybridized carbons (Fsp3) is 0.412. The highest BCUT2D eigenvalue weighted by molar-refractivity contribution is 7.17. The van der Waals surface area contributed by atoms with Gasteiger partial charge in [0.05, 0.1) is 19.3 Å². The molecule has 2 aromatic rings. The molecule has 0 bridgehead atoms. The van der Waals surface area contributed by atoms with Gasteiger partial charge in [0.15, 0.2) is 5.13 Å². The van der Waals surface area contributed by atoms with E-state index in [1.165, 1.54) is 17.4 Å². The first-order chi connectivity index (χ1) is 11.6. The summed E-state index contributed by atoms with van der Waals surface area (Å²) in [6.45, 7) is 5.95. The molecule has 1 aliphatic rings. The molecule has 1 aliphatic heterocycles. The number of hydrogen-bond donors (Lipinski definition) is 1. The van der Waals surface area contributed by atoms with Crippen LogP contribution in [0.1, 0.15) is 33.8 Å². The van der Waals surface area contributed by atoms with Gasteiger partial charge >= 0.3 is 0 Å². The van der Waals surface area contributed by atoms with Gasteiger partial charge in [-0.2, -0.15) is 0 Å². The summed E-state index contributed by atoms with van der Waals surface area (Å²) in [5.41, 5.74) is 1.47. The van der Waals surface area contributed by atoms with Crippen molar-refractivity contribution in [3.63, 3.8) is 0 Å². The van der Waals surface area contributed by atoms with E-state index >= 15 is 0 Å². The van der Waals surface area contributed by atoms with E-state index in [1.54, 1.807) is 30.2 Å². The zero-order chi connectivity index (χ0) is 17.1. The Kier molecular flexibility index (Phi) is 5.11. The summed E-state index contributed by atoms with van der Waals surface area (Å²) in [7, 11) is 0. The van der Waals surface area contributed by atoms with Crippen molar-refractivity contribution in [1.82, 2.24) is 9.88 Å². The Bertz CT molecular complexity index is 734. The number of nitrogens with one attached hydrogen (secondary N) is 1. The summed E-state index contributed by atoms with van der Waals surface area (Å²) in [6, 6.07) is 4.95. The molecular weight excluding hydrogens is 329 g/mol. The van der Waals surface area contributed by atoms with Crippen LogP contribution in [0, 0.1) is 12.7 Å². The molecule has 0 saturated carbocycles. The number of carbonyl (C=O) groups excluding carboxylic acids is 1. The van der Waals surface area contributed by atoms with Gasteiger partial charge in [0, 0.05) is 13.1 Å². The molecule has 2 heterocycles. The summed E-state index contributed by atoms with van der Waals surface area (Å²) in [6.07, 6.45) is 1.38. The van der Waals surface area contributed by atoms with Crippen LogP contribution in [0.3, 0.4) is 0 Å². The monoisotopic (exact) mass is 349 g/mol. The van der Waals surface area contributed by atoms with Gasteiger partial charge in [-0.15, -0.1) is 0 Å². The second kappa shape index (κ2) is 7.27. The van der Waals surface area contributed by atoms with Crippen LogP contribution >= 0.6 is 11.3 Å². The Morgan fingerprint density at radius 1 is 1.54 bits per heavy atom. The van der Waals surface area contributed by atoms with Gasteiger partial charge in [0.1, 0.15) is 16.8 Å². The smallest absolute Gasteiger partial charge is 0.265 e. The lowest BCUT2D eigenvalue weighted by atomic mass is 10.0. The molecule has 5 nitrogen and oxygen atoms in total. The number of amides is 1. The molecule has 1 fully saturated rings. The summed E-state index contributed by atoms with van der Waals surface area (Å²) in [4.78, 5) is 19.3. The average molecular weight is 349 g/mol. The lowest BCUT2D eigenvalue weighted by Gasteiger charge is -2.33. The molecule has 1 atom stereocenters. The maximum absolute atomic E-state index is 13.4. The largest absolute Gasteiger partial charge is 0.370 e. The van der Waals surface area contributed by atoms with Crippen LogP contribution in [0.25, 0.3) is 0 Å². The van der Waals surface area contributed by atoms with Crippen molar-refractivity contribution in [1.29, 1.82) is 0 Å². The lowest BCUT2D eigenvalue weighted by Crippen LogP contribution is -2.42. The standard InChI is InChI=1S/C17H20FN3O2S/c1-3-19-17-20-9-15(24-17)16(22)21-6-7-23-14(10-21)12-4-5-13(18)11(2)8-12/h4-5,8-9,14H,3,6-7,10H2,1-2H3,(H,19,20). The van der Waals surface area contributed by atoms with E-state index in [0.717, 1.165) is 17.2 Å². The SMILES string of the molecule is CCNc1ncc(C(=O)N2CCOC(c3ccc(F)c(C)c3)C2)s1. The molecule has 1 aromatic heterocycles. The third kappa shape index (κ3) is 3.57. The highest BCUT2D eigenvalue weighted by Gasteiger charge is 2.27. The number of nitrogens with zero attached hydrogens (tertiary/aromatic N) is 2. The summed E-state index contributed by atoms with van der Waals surface area (Å²) >= 11 is 1.36. The minimum atomic E-state index is -0.233. The Morgan fingerprint density at radius 2 is 2.38 bits per heavy atom. The Labute approximate surface area is 144 Å². The number of halogens is 1. The third-order valence-electron chi connectivity index (χ3n) is 3.95. The summed E-state index contributed by atoms with van der Waals surface area (Å²) in [5.74, 6) is -0.271. The van der Waals surface area contributed by atoms with Crippen LogP contribution < -0.4 is 5.32 Å². The summed E-state index contributed by atoms with van der Waals surface area (Å²) in [5, 5.41) is 3.86. The molecule has 0 radical (unpaired) electrons. The first-order valence-corrected chi connectivity index (χ1v) is 8.76. The van der Waals surface area contributed by atoms with Crippen LogP contribution in [-0.2, 0) is 4.74 Å². The van der Waals surface area contributed by atoms with Crippen LogP contribution in [0.2, 0.25) is 0 Å². The third-order valence-corrected chi connectivity index (χ3v) is 4.89. The molecule has 0 aliphatic carbocycles. The molecule has 0 spiro atoms. The number of thiazole rings is 1. The van der Waals surface area contributed by atoms with E-state index in [2.05, 4.69) is 10.3 Å². The van der Waals surface area contributed by atoms with Crippen molar-refractivity contribution < 1.29 is 13.9 Å². The number of rotatable bonds is 4. The number of carbonyl (C=O) groups is 1. The van der Waals surface area contributed by atoms with E-state index in [1.807, 2.05) is 6.92 Å². The van der Waals surface area contributed by atoms with E-state index in [-0.39, 0.29) is 17.8 Å². The maximum Gasteiger partial charge on any atom is 0.265 e. The van der Waals surface area contributed by atoms with E-state index in [9.17, 15) is 9.18 Å². The van der Waals surface area contributed by atoms with Crippen molar-refractivity contribution in [3.05, 3.63) is 46.2 Å². The number of anilines is 1. The van der Waals surface area contributed by atoms with Crippen molar-refractivity contribution in [2.24, 2.45) is 0 Å².